The second-order valence-electron chi connectivity index (χ2n) is 3.61. The van der Waals surface area contributed by atoms with Gasteiger partial charge >= 0.3 is 0 Å². The van der Waals surface area contributed by atoms with E-state index in [0.29, 0.717) is 8.95 Å². The summed E-state index contributed by atoms with van der Waals surface area (Å²) < 4.78 is 1.33. The van der Waals surface area contributed by atoms with Crippen LogP contribution in [-0.4, -0.2) is 15.3 Å². The maximum atomic E-state index is 9.74. The molecule has 0 aliphatic rings. The minimum atomic E-state index is 0.199. The highest BCUT2D eigenvalue weighted by Crippen LogP contribution is 2.35. The highest BCUT2D eigenvalue weighted by molar-refractivity contribution is 9.11. The molecule has 0 saturated carbocycles. The van der Waals surface area contributed by atoms with E-state index in [1.54, 1.807) is 6.07 Å². The van der Waals surface area contributed by atoms with Gasteiger partial charge in [-0.25, -0.2) is 0 Å². The van der Waals surface area contributed by atoms with Crippen LogP contribution in [0.3, 0.4) is 0 Å². The quantitative estimate of drug-likeness (QED) is 0.849. The first-order valence-electron chi connectivity index (χ1n) is 4.95. The number of phenolic OH excluding ortho intramolecular Hbond substituents is 1. The fourth-order valence-electron chi connectivity index (χ4n) is 1.38. The van der Waals surface area contributed by atoms with Crippen LogP contribution in [0, 0.1) is 6.92 Å². The van der Waals surface area contributed by atoms with Gasteiger partial charge in [0.05, 0.1) is 14.6 Å². The van der Waals surface area contributed by atoms with E-state index < -0.39 is 0 Å². The van der Waals surface area contributed by atoms with Crippen LogP contribution < -0.4 is 0 Å². The van der Waals surface area contributed by atoms with Crippen molar-refractivity contribution in [2.75, 3.05) is 0 Å². The Kier molecular flexibility index (Phi) is 3.69. The largest absolute Gasteiger partial charge is 0.506 e. The maximum absolute atomic E-state index is 9.74. The molecule has 0 aliphatic carbocycles. The lowest BCUT2D eigenvalue weighted by atomic mass is 10.2. The van der Waals surface area contributed by atoms with Gasteiger partial charge in [-0.2, -0.15) is 5.10 Å². The highest BCUT2D eigenvalue weighted by Gasteiger charge is 2.06. The minimum absolute atomic E-state index is 0.199. The summed E-state index contributed by atoms with van der Waals surface area (Å²) in [5, 5.41) is 16.7. The van der Waals surface area contributed by atoms with Gasteiger partial charge in [0.15, 0.2) is 0 Å². The summed E-state index contributed by atoms with van der Waals surface area (Å²) in [6.07, 6.45) is 3.78. The minimum Gasteiger partial charge on any atom is -0.506 e. The number of hydrogen-bond acceptors (Lipinski definition) is 2. The van der Waals surface area contributed by atoms with Crippen molar-refractivity contribution in [2.45, 2.75) is 6.92 Å². The monoisotopic (exact) mass is 356 g/mol. The van der Waals surface area contributed by atoms with Crippen LogP contribution in [0.15, 0.2) is 27.1 Å². The van der Waals surface area contributed by atoms with Crippen molar-refractivity contribution in [2.24, 2.45) is 0 Å². The van der Waals surface area contributed by atoms with Crippen LogP contribution in [0.25, 0.3) is 12.2 Å². The predicted octanol–water partition coefficient (Wildman–Crippen LogP) is 4.12. The molecule has 1 aromatic heterocycles. The third-order valence-corrected chi connectivity index (χ3v) is 3.73. The lowest BCUT2D eigenvalue weighted by Crippen LogP contribution is -1.79. The van der Waals surface area contributed by atoms with Gasteiger partial charge in [0.25, 0.3) is 0 Å². The van der Waals surface area contributed by atoms with Crippen LogP contribution in [-0.2, 0) is 0 Å². The summed E-state index contributed by atoms with van der Waals surface area (Å²) in [7, 11) is 0. The van der Waals surface area contributed by atoms with Gasteiger partial charge in [0.2, 0.25) is 0 Å². The van der Waals surface area contributed by atoms with Crippen LogP contribution in [0.5, 0.6) is 5.75 Å². The Morgan fingerprint density at radius 2 is 2.06 bits per heavy atom. The van der Waals surface area contributed by atoms with Gasteiger partial charge in [-0.15, -0.1) is 0 Å². The molecule has 0 aliphatic heterocycles. The standard InChI is InChI=1S/C12H10Br2N2O/c1-7-6-9(16-15-7)4-2-8-3-5-10(13)12(17)11(8)14/h2-6,17H,1H3,(H,15,16)/b4-2+. The molecule has 0 radical (unpaired) electrons. The van der Waals surface area contributed by atoms with Crippen LogP contribution in [0.2, 0.25) is 0 Å². The molecule has 3 nitrogen and oxygen atoms in total. The number of aromatic hydroxyl groups is 1. The number of nitrogens with zero attached hydrogens (tertiary/aromatic N) is 1. The molecule has 0 bridgehead atoms. The first-order chi connectivity index (χ1) is 8.08. The third kappa shape index (κ3) is 2.79. The van der Waals surface area contributed by atoms with Crippen molar-refractivity contribution >= 4 is 44.0 Å². The van der Waals surface area contributed by atoms with E-state index in [-0.39, 0.29) is 5.75 Å². The fraction of sp³-hybridized carbons (Fsp3) is 0.0833. The number of rotatable bonds is 2. The smallest absolute Gasteiger partial charge is 0.144 e. The van der Waals surface area contributed by atoms with Gasteiger partial charge in [-0.3, -0.25) is 5.10 Å². The summed E-state index contributed by atoms with van der Waals surface area (Å²) in [5.41, 5.74) is 2.77. The van der Waals surface area contributed by atoms with E-state index in [4.69, 9.17) is 0 Å². The summed E-state index contributed by atoms with van der Waals surface area (Å²) in [6, 6.07) is 5.66. The van der Waals surface area contributed by atoms with Crippen molar-refractivity contribution in [3.05, 3.63) is 44.1 Å². The molecule has 0 unspecified atom stereocenters. The second kappa shape index (κ2) is 5.06. The van der Waals surface area contributed by atoms with Crippen molar-refractivity contribution < 1.29 is 5.11 Å². The molecule has 17 heavy (non-hydrogen) atoms. The van der Waals surface area contributed by atoms with Crippen molar-refractivity contribution in [3.63, 3.8) is 0 Å². The maximum Gasteiger partial charge on any atom is 0.144 e. The van der Waals surface area contributed by atoms with E-state index in [1.165, 1.54) is 0 Å². The van der Waals surface area contributed by atoms with E-state index in [0.717, 1.165) is 17.0 Å². The molecule has 2 aromatic rings. The van der Waals surface area contributed by atoms with Crippen LogP contribution >= 0.6 is 31.9 Å². The average molecular weight is 358 g/mol. The molecule has 2 rings (SSSR count). The summed E-state index contributed by atoms with van der Waals surface area (Å²) in [5.74, 6) is 0.199. The van der Waals surface area contributed by atoms with Crippen molar-refractivity contribution in [3.8, 4) is 5.75 Å². The first-order valence-corrected chi connectivity index (χ1v) is 6.53. The van der Waals surface area contributed by atoms with Gasteiger partial charge in [-0.1, -0.05) is 12.1 Å². The van der Waals surface area contributed by atoms with Gasteiger partial charge in [0, 0.05) is 5.69 Å². The van der Waals surface area contributed by atoms with Crippen LogP contribution in [0.1, 0.15) is 17.0 Å². The molecule has 2 N–H and O–H groups in total. The number of aryl methyl sites for hydroxylation is 1. The Labute approximate surface area is 116 Å². The number of aromatic amines is 1. The van der Waals surface area contributed by atoms with Gasteiger partial charge in [0.1, 0.15) is 5.75 Å². The Morgan fingerprint density at radius 3 is 2.71 bits per heavy atom. The number of halogens is 2. The molecule has 0 saturated heterocycles. The zero-order valence-corrected chi connectivity index (χ0v) is 12.2. The molecule has 0 spiro atoms. The normalized spacial score (nSPS) is 11.2. The van der Waals surface area contributed by atoms with Crippen LogP contribution in [0.4, 0.5) is 0 Å². The number of hydrogen-bond donors (Lipinski definition) is 2. The fourth-order valence-corrected chi connectivity index (χ4v) is 2.46. The van der Waals surface area contributed by atoms with E-state index in [2.05, 4.69) is 42.1 Å². The number of nitrogens with one attached hydrogen (secondary N) is 1. The molecule has 0 fully saturated rings. The first kappa shape index (κ1) is 12.4. The topological polar surface area (TPSA) is 48.9 Å². The Hall–Kier alpha value is -1.07. The molecular formula is C12H10Br2N2O. The summed E-state index contributed by atoms with van der Waals surface area (Å²) >= 11 is 6.61. The summed E-state index contributed by atoms with van der Waals surface area (Å²) in [4.78, 5) is 0. The SMILES string of the molecule is Cc1cc(/C=C/c2ccc(Br)c(O)c2Br)n[nH]1. The lowest BCUT2D eigenvalue weighted by Gasteiger charge is -2.03. The Bertz CT molecular complexity index is 576. The van der Waals surface area contributed by atoms with Gasteiger partial charge < -0.3 is 5.11 Å². The predicted molar refractivity (Wildman–Crippen MR) is 75.8 cm³/mol. The highest BCUT2D eigenvalue weighted by atomic mass is 79.9. The third-order valence-electron chi connectivity index (χ3n) is 2.26. The van der Waals surface area contributed by atoms with Crippen molar-refractivity contribution in [1.29, 1.82) is 0 Å². The number of H-pyrrole nitrogens is 1. The molecule has 0 atom stereocenters. The molecular weight excluding hydrogens is 348 g/mol. The average Bonchev–Trinajstić information content (AvgIpc) is 2.71. The molecule has 1 heterocycles. The Balaban J connectivity index is 2.30. The molecule has 1 aromatic carbocycles. The van der Waals surface area contributed by atoms with Crippen molar-refractivity contribution in [1.82, 2.24) is 10.2 Å². The summed E-state index contributed by atoms with van der Waals surface area (Å²) in [6.45, 7) is 1.95. The zero-order chi connectivity index (χ0) is 12.4. The van der Waals surface area contributed by atoms with E-state index in [9.17, 15) is 5.11 Å². The van der Waals surface area contributed by atoms with Gasteiger partial charge in [-0.05, 0) is 62.6 Å². The lowest BCUT2D eigenvalue weighted by molar-refractivity contribution is 0.468. The zero-order valence-electron chi connectivity index (χ0n) is 9.04. The molecule has 0 amide bonds. The number of phenols is 1. The Morgan fingerprint density at radius 1 is 1.29 bits per heavy atom. The molecule has 5 heteroatoms. The van der Waals surface area contributed by atoms with E-state index >= 15 is 0 Å². The number of aromatic nitrogens is 2. The van der Waals surface area contributed by atoms with E-state index in [1.807, 2.05) is 31.2 Å². The number of benzene rings is 1. The second-order valence-corrected chi connectivity index (χ2v) is 5.26. The molecule has 88 valence electrons.